The Kier molecular flexibility index (Phi) is 61.5. The fourth-order valence-electron chi connectivity index (χ4n) is 13.8. The molecule has 38 heteroatoms. The van der Waals surface area contributed by atoms with E-state index in [1.807, 2.05) is 62.3 Å². The van der Waals surface area contributed by atoms with Crippen LogP contribution in [0.3, 0.4) is 0 Å². The highest BCUT2D eigenvalue weighted by Gasteiger charge is 2.78. The van der Waals surface area contributed by atoms with Gasteiger partial charge in [0.2, 0.25) is 0 Å². The lowest BCUT2D eigenvalue weighted by molar-refractivity contribution is -0.419. The van der Waals surface area contributed by atoms with E-state index >= 15 is 0 Å². The van der Waals surface area contributed by atoms with E-state index in [9.17, 15) is 137 Å². The summed E-state index contributed by atoms with van der Waals surface area (Å²) in [6.07, 6.45) is -51.6. The van der Waals surface area contributed by atoms with Crippen LogP contribution >= 0.6 is 0 Å². The van der Waals surface area contributed by atoms with Gasteiger partial charge in [-0.15, -0.1) is 0 Å². The zero-order valence-corrected chi connectivity index (χ0v) is 72.4. The van der Waals surface area contributed by atoms with Gasteiger partial charge in [0.1, 0.15) is 0 Å². The third-order valence-corrected chi connectivity index (χ3v) is 22.1. The highest BCUT2D eigenvalue weighted by atomic mass is 19.5. The van der Waals surface area contributed by atoms with Crippen LogP contribution in [-0.2, 0) is 61.2 Å². The molecule has 1 aliphatic heterocycles. The maximum Gasteiger partial charge on any atom is 0.430 e. The van der Waals surface area contributed by atoms with Crippen molar-refractivity contribution in [3.63, 3.8) is 0 Å². The second-order valence-electron chi connectivity index (χ2n) is 32.2. The van der Waals surface area contributed by atoms with E-state index in [4.69, 9.17) is 18.9 Å². The van der Waals surface area contributed by atoms with Crippen LogP contribution in [0.5, 0.6) is 0 Å². The van der Waals surface area contributed by atoms with E-state index in [1.165, 1.54) is 67.6 Å². The first-order chi connectivity index (χ1) is 57.5. The molecule has 1 saturated carbocycles. The van der Waals surface area contributed by atoms with Gasteiger partial charge in [0, 0.05) is 47.6 Å². The Morgan fingerprint density at radius 2 is 0.537 bits per heavy atom. The van der Waals surface area contributed by atoms with Gasteiger partial charge in [0.25, 0.3) is 28.0 Å². The van der Waals surface area contributed by atoms with E-state index in [0.29, 0.717) is 84.4 Å². The number of halogens is 30. The summed E-state index contributed by atoms with van der Waals surface area (Å²) in [6, 6.07) is 20.8. The van der Waals surface area contributed by atoms with Crippen LogP contribution in [0.4, 0.5) is 132 Å². The van der Waals surface area contributed by atoms with E-state index in [1.54, 1.807) is 6.92 Å². The number of aliphatic hydroxyl groups is 1. The lowest BCUT2D eigenvalue weighted by atomic mass is 9.87. The molecule has 136 heavy (non-hydrogen) atoms. The number of benzene rings is 5. The molecule has 0 amide bonds. The van der Waals surface area contributed by atoms with Crippen LogP contribution in [0.2, 0.25) is 0 Å². The minimum atomic E-state index is -5.84. The molecule has 0 spiro atoms. The van der Waals surface area contributed by atoms with E-state index in [0.717, 1.165) is 128 Å². The number of ether oxygens (including phenoxy) is 7. The van der Waals surface area contributed by atoms with Crippen molar-refractivity contribution in [2.75, 3.05) is 19.8 Å². The Bertz CT molecular complexity index is 3870. The zero-order chi connectivity index (χ0) is 97.1. The molecule has 1 heterocycles. The largest absolute Gasteiger partial charge is 0.430 e. The van der Waals surface area contributed by atoms with Gasteiger partial charge in [0.05, 0.1) is 5.60 Å². The Labute approximate surface area is 788 Å². The Morgan fingerprint density at radius 1 is 0.301 bits per heavy atom. The standard InChI is InChI=1S/C23H32F6O2.C18H22F6O2.C17H22F6O2.C17H22F6O.C13H14F6O.10CH4/c1-4-16(2)19-10-12-20(13-11-19)21(22(24,25)26,23(27,28)29)31-17(3)30-15-14-18-8-6-5-7-9-18;1-3-12(2)13-7-9-14(10-8-13)16(17(19,20)21,18(22,23)24)26-15-6-4-5-11-25-15;1-5-11(3)13-7-9-14(10-8-13)15(16(18,19)20,17(21,22)23)25-12(4)24-6-2;1-6-11(2)12-7-9-13(10-8-12)15(16(18,19)20,17(21,22)23)24-14(3,4)5;1-3-8(2)9-4-6-10(7-5-9)11(20,12(14,15)16)13(17,18)19;;;;;;;;;;/h10-13,16-18H,4-9,14-15H2,1-3H3;7-10,12,15H,3-6,11H2,1-2H3;7-12H,5-6H2,1-4H3;7-11H,6H2,1-5H3;4-8,20H,3H2,1-2H3;10*1H4. The Morgan fingerprint density at radius 3 is 0.757 bits per heavy atom. The van der Waals surface area contributed by atoms with Crippen molar-refractivity contribution in [3.8, 4) is 0 Å². The summed E-state index contributed by atoms with van der Waals surface area (Å²) in [5, 5.41) is 9.19. The summed E-state index contributed by atoms with van der Waals surface area (Å²) >= 11 is 0. The molecule has 0 radical (unpaired) electrons. The highest BCUT2D eigenvalue weighted by molar-refractivity contribution is 5.37. The minimum absolute atomic E-state index is 0. The zero-order valence-electron chi connectivity index (χ0n) is 72.4. The molecule has 1 saturated heterocycles. The fourth-order valence-corrected chi connectivity index (χ4v) is 13.8. The monoisotopic (exact) mass is 2030 g/mol. The smallest absolute Gasteiger partial charge is 0.369 e. The summed E-state index contributed by atoms with van der Waals surface area (Å²) in [4.78, 5) is 0. The van der Waals surface area contributed by atoms with Crippen molar-refractivity contribution >= 4 is 0 Å². The van der Waals surface area contributed by atoms with Gasteiger partial charge in [-0.1, -0.05) is 297 Å². The molecule has 1 N–H and O–H groups in total. The Hall–Kier alpha value is -6.32. The van der Waals surface area contributed by atoms with E-state index in [2.05, 4.69) is 14.2 Å². The van der Waals surface area contributed by atoms with Gasteiger partial charge in [-0.3, -0.25) is 0 Å². The molecule has 5 aromatic carbocycles. The van der Waals surface area contributed by atoms with Crippen LogP contribution < -0.4 is 0 Å². The molecule has 0 aromatic heterocycles. The van der Waals surface area contributed by atoms with Crippen LogP contribution in [0.1, 0.15) is 360 Å². The summed E-state index contributed by atoms with van der Waals surface area (Å²) in [7, 11) is 0. The second-order valence-corrected chi connectivity index (χ2v) is 32.2. The van der Waals surface area contributed by atoms with Crippen molar-refractivity contribution in [3.05, 3.63) is 177 Å². The quantitative estimate of drug-likeness (QED) is 0.0392. The third-order valence-electron chi connectivity index (χ3n) is 22.1. The van der Waals surface area contributed by atoms with Crippen molar-refractivity contribution in [2.45, 2.75) is 419 Å². The maximum atomic E-state index is 14.0. The van der Waals surface area contributed by atoms with Gasteiger partial charge in [-0.05, 0) is 163 Å². The average Bonchev–Trinajstić information content (AvgIpc) is 0.716. The molecular weight excluding hydrogens is 1880 g/mol. The van der Waals surface area contributed by atoms with Crippen LogP contribution in [0.25, 0.3) is 0 Å². The summed E-state index contributed by atoms with van der Waals surface area (Å²) in [5.74, 6) is 0.496. The van der Waals surface area contributed by atoms with Gasteiger partial charge >= 0.3 is 61.8 Å². The molecule has 802 valence electrons. The van der Waals surface area contributed by atoms with Gasteiger partial charge in [-0.25, -0.2) is 0 Å². The van der Waals surface area contributed by atoms with Gasteiger partial charge < -0.3 is 38.3 Å². The predicted octanol–water partition coefficient (Wildman–Crippen LogP) is 37.1. The van der Waals surface area contributed by atoms with Gasteiger partial charge in [-0.2, -0.15) is 132 Å². The first-order valence-corrected chi connectivity index (χ1v) is 41.0. The SMILES string of the molecule is C.C.C.C.C.C.C.C.C.C.CCC(C)c1ccc(C(O)(C(F)(F)F)C(F)(F)F)cc1.CCC(C)c1ccc(C(OC(C)(C)C)(C(F)(F)F)C(F)(F)F)cc1.CCC(C)c1ccc(C(OC(C)OCCC2CCCCC2)(C(F)(F)F)C(F)(F)F)cc1.CCC(C)c1ccc(C(OC2CCCCO2)(C(F)(F)F)C(F)(F)F)cc1.CCOC(C)OC(c1ccc(C(C)CC)cc1)(C(F)(F)F)C(F)(F)F. The van der Waals surface area contributed by atoms with Crippen molar-refractivity contribution in [1.29, 1.82) is 0 Å². The molecule has 8 unspecified atom stereocenters. The number of alkyl halides is 30. The third kappa shape index (κ3) is 35.7. The number of rotatable bonds is 28. The van der Waals surface area contributed by atoms with E-state index < -0.39 is 142 Å². The lowest BCUT2D eigenvalue weighted by Crippen LogP contribution is -2.58. The summed E-state index contributed by atoms with van der Waals surface area (Å²) < 4.78 is 438. The number of hydrogen-bond donors (Lipinski definition) is 1. The van der Waals surface area contributed by atoms with Crippen LogP contribution in [0.15, 0.2) is 121 Å². The maximum absolute atomic E-state index is 14.0. The summed E-state index contributed by atoms with van der Waals surface area (Å²) in [6.45, 7) is 25.6. The first kappa shape index (κ1) is 145. The molecule has 5 aromatic rings. The first-order valence-electron chi connectivity index (χ1n) is 41.0. The minimum Gasteiger partial charge on any atom is -0.369 e. The van der Waals surface area contributed by atoms with Crippen molar-refractivity contribution in [2.24, 2.45) is 5.92 Å². The van der Waals surface area contributed by atoms with Crippen LogP contribution in [-0.4, -0.2) is 111 Å². The molecule has 8 atom stereocenters. The molecule has 7 rings (SSSR count). The summed E-state index contributed by atoms with van der Waals surface area (Å²) in [5.41, 5.74) is -26.1. The second kappa shape index (κ2) is 57.7. The fraction of sp³-hybridized carbons (Fsp3) is 0.694. The van der Waals surface area contributed by atoms with Crippen molar-refractivity contribution in [1.82, 2.24) is 0 Å². The molecule has 1 aliphatic carbocycles. The lowest BCUT2D eigenvalue weighted by Gasteiger charge is -2.41. The van der Waals surface area contributed by atoms with Crippen molar-refractivity contribution < 1.29 is 170 Å². The molecule has 2 fully saturated rings. The topological polar surface area (TPSA) is 84.8 Å². The molecule has 0 bridgehead atoms. The predicted molar refractivity (Wildman–Crippen MR) is 480 cm³/mol. The van der Waals surface area contributed by atoms with E-state index in [-0.39, 0.29) is 130 Å². The van der Waals surface area contributed by atoms with Crippen LogP contribution in [0, 0.1) is 5.92 Å². The molecular formula is C98H152F30O8. The Balaban J connectivity index is -0.000000248. The molecule has 8 nitrogen and oxygen atoms in total. The number of hydrogen-bond acceptors (Lipinski definition) is 8. The average molecular weight is 2030 g/mol. The molecule has 2 aliphatic rings. The normalized spacial score (nSPS) is 16.2. The highest BCUT2D eigenvalue weighted by Crippen LogP contribution is 2.60. The van der Waals surface area contributed by atoms with Gasteiger partial charge in [0.15, 0.2) is 18.9 Å².